The maximum absolute atomic E-state index is 11.0. The van der Waals surface area contributed by atoms with Crippen molar-refractivity contribution >= 4 is 12.6 Å². The number of methoxy groups -OCH3 is 2. The maximum atomic E-state index is 11.0. The molecule has 0 unspecified atom stereocenters. The Labute approximate surface area is 262 Å². The number of ether oxygens (including phenoxy) is 3. The summed E-state index contributed by atoms with van der Waals surface area (Å²) in [4.78, 5) is 25.6. The molecule has 0 radical (unpaired) electrons. The molecule has 4 aromatic rings. The third-order valence-electron chi connectivity index (χ3n) is 7.29. The maximum Gasteiger partial charge on any atom is 0.161 e. The predicted molar refractivity (Wildman–Crippen MR) is 176 cm³/mol. The summed E-state index contributed by atoms with van der Waals surface area (Å²) in [5.41, 5.74) is 4.28. The monoisotopic (exact) mass is 596 g/mol. The van der Waals surface area contributed by atoms with Crippen molar-refractivity contribution in [2.45, 2.75) is 32.0 Å². The quantitative estimate of drug-likeness (QED) is 0.140. The number of hydrogen-bond donors (Lipinski definition) is 0. The number of rotatable bonds is 16. The first-order valence-electron chi connectivity index (χ1n) is 14.7. The lowest BCUT2D eigenvalue weighted by atomic mass is 10.0. The molecule has 7 heteroatoms. The van der Waals surface area contributed by atoms with Crippen molar-refractivity contribution < 1.29 is 23.8 Å². The van der Waals surface area contributed by atoms with Gasteiger partial charge in [0.05, 0.1) is 20.8 Å². The normalized spacial score (nSPS) is 11.3. The predicted octanol–water partition coefficient (Wildman–Crippen LogP) is 6.35. The summed E-state index contributed by atoms with van der Waals surface area (Å²) in [5.74, 6) is 2.25. The Bertz CT molecular complexity index is 1380. The minimum Gasteiger partial charge on any atom is -0.497 e. The van der Waals surface area contributed by atoms with Crippen molar-refractivity contribution in [1.82, 2.24) is 9.80 Å². The topological polar surface area (TPSA) is 68.3 Å². The third-order valence-corrected chi connectivity index (χ3v) is 7.29. The summed E-state index contributed by atoms with van der Waals surface area (Å²) in [7, 11) is 7.42. The number of likely N-dealkylation sites (N-methyl/N-ethyl adjacent to an activating group) is 2. The highest BCUT2D eigenvalue weighted by Crippen LogP contribution is 2.29. The molecule has 0 N–H and O–H groups in total. The molecule has 0 aromatic heterocycles. The average molecular weight is 597 g/mol. The Morgan fingerprint density at radius 2 is 1.39 bits per heavy atom. The molecule has 232 valence electrons. The number of benzene rings is 4. The van der Waals surface area contributed by atoms with Gasteiger partial charge in [-0.1, -0.05) is 66.7 Å². The number of aldehydes is 2. The zero-order valence-corrected chi connectivity index (χ0v) is 26.2. The molecule has 0 amide bonds. The first-order valence-corrected chi connectivity index (χ1v) is 14.7. The minimum atomic E-state index is 0.310. The van der Waals surface area contributed by atoms with Gasteiger partial charge in [0.25, 0.3) is 0 Å². The van der Waals surface area contributed by atoms with Crippen LogP contribution in [0.15, 0.2) is 103 Å². The Hall–Kier alpha value is -4.46. The lowest BCUT2D eigenvalue weighted by molar-refractivity contribution is -0.108. The van der Waals surface area contributed by atoms with Gasteiger partial charge >= 0.3 is 0 Å². The van der Waals surface area contributed by atoms with Crippen LogP contribution in [0.25, 0.3) is 0 Å². The number of carbonyl (C=O) groups excluding carboxylic acids is 2. The van der Waals surface area contributed by atoms with Crippen LogP contribution in [0.3, 0.4) is 0 Å². The Balaban J connectivity index is 0.000000448. The summed E-state index contributed by atoms with van der Waals surface area (Å²) in [5, 5.41) is 0. The highest BCUT2D eigenvalue weighted by atomic mass is 16.5. The molecule has 0 aliphatic rings. The highest BCUT2D eigenvalue weighted by Gasteiger charge is 2.18. The standard InChI is InChI=1S/C29H36N2O3.C8H8O2/c1-30(18-19-32)22-27(16-14-24-10-6-4-7-11-24)31(2)21-26-15-17-28(29(20-26)33-3)34-23-25-12-8-5-9-13-25;1-10-8-4-2-7(6-9)3-5-8/h4-13,15,17,19-20,27H,14,16,18,21-23H2,1-3H3;2-6H,1H3/t27-;/m0./s1. The Morgan fingerprint density at radius 1 is 0.727 bits per heavy atom. The van der Waals surface area contributed by atoms with Gasteiger partial charge < -0.3 is 19.0 Å². The third kappa shape index (κ3) is 11.7. The Morgan fingerprint density at radius 3 is 1.98 bits per heavy atom. The second kappa shape index (κ2) is 18.9. The summed E-state index contributed by atoms with van der Waals surface area (Å²) in [6.45, 7) is 2.55. The summed E-state index contributed by atoms with van der Waals surface area (Å²) in [6.07, 6.45) is 3.78. The average Bonchev–Trinajstić information content (AvgIpc) is 3.07. The number of hydrogen-bond acceptors (Lipinski definition) is 7. The molecule has 0 aliphatic carbocycles. The van der Waals surface area contributed by atoms with Crippen molar-refractivity contribution in [2.24, 2.45) is 0 Å². The van der Waals surface area contributed by atoms with E-state index in [2.05, 4.69) is 53.2 Å². The van der Waals surface area contributed by atoms with Gasteiger partial charge in [-0.25, -0.2) is 0 Å². The van der Waals surface area contributed by atoms with E-state index in [4.69, 9.17) is 14.2 Å². The van der Waals surface area contributed by atoms with Crippen LogP contribution in [0.5, 0.6) is 17.2 Å². The van der Waals surface area contributed by atoms with Crippen molar-refractivity contribution in [2.75, 3.05) is 41.4 Å². The molecule has 0 heterocycles. The second-order valence-corrected chi connectivity index (χ2v) is 10.6. The van der Waals surface area contributed by atoms with Gasteiger partial charge in [0.2, 0.25) is 0 Å². The fourth-order valence-electron chi connectivity index (χ4n) is 4.76. The molecular weight excluding hydrogens is 552 g/mol. The van der Waals surface area contributed by atoms with Crippen molar-refractivity contribution in [1.29, 1.82) is 0 Å². The molecule has 0 aliphatic heterocycles. The van der Waals surface area contributed by atoms with E-state index in [0.29, 0.717) is 24.8 Å². The highest BCUT2D eigenvalue weighted by molar-refractivity contribution is 5.74. The van der Waals surface area contributed by atoms with E-state index in [-0.39, 0.29) is 0 Å². The summed E-state index contributed by atoms with van der Waals surface area (Å²) in [6, 6.07) is 34.1. The van der Waals surface area contributed by atoms with Gasteiger partial charge in [0.1, 0.15) is 24.9 Å². The fraction of sp³-hybridized carbons (Fsp3) is 0.297. The number of carbonyl (C=O) groups is 2. The molecule has 0 saturated heterocycles. The molecule has 44 heavy (non-hydrogen) atoms. The largest absolute Gasteiger partial charge is 0.497 e. The molecule has 0 saturated carbocycles. The first kappa shape index (κ1) is 34.0. The van der Waals surface area contributed by atoms with E-state index in [9.17, 15) is 9.59 Å². The van der Waals surface area contributed by atoms with Gasteiger partial charge in [-0.15, -0.1) is 0 Å². The van der Waals surface area contributed by atoms with Crippen LogP contribution in [-0.4, -0.2) is 69.8 Å². The van der Waals surface area contributed by atoms with Gasteiger partial charge in [-0.05, 0) is 80.0 Å². The van der Waals surface area contributed by atoms with Gasteiger partial charge in [0, 0.05) is 24.7 Å². The molecule has 7 nitrogen and oxygen atoms in total. The van der Waals surface area contributed by atoms with Crippen molar-refractivity contribution in [3.63, 3.8) is 0 Å². The zero-order chi connectivity index (χ0) is 31.6. The fourth-order valence-corrected chi connectivity index (χ4v) is 4.76. The van der Waals surface area contributed by atoms with E-state index in [1.165, 1.54) is 5.56 Å². The summed E-state index contributed by atoms with van der Waals surface area (Å²) < 4.78 is 16.5. The molecule has 4 rings (SSSR count). The molecule has 4 aromatic carbocycles. The van der Waals surface area contributed by atoms with Crippen molar-refractivity contribution in [3.05, 3.63) is 125 Å². The van der Waals surface area contributed by atoms with Crippen LogP contribution in [-0.2, 0) is 24.4 Å². The smallest absolute Gasteiger partial charge is 0.161 e. The molecule has 0 spiro atoms. The van der Waals surface area contributed by atoms with Gasteiger partial charge in [-0.2, -0.15) is 0 Å². The first-order chi connectivity index (χ1) is 21.4. The second-order valence-electron chi connectivity index (χ2n) is 10.6. The van der Waals surface area contributed by atoms with E-state index in [1.54, 1.807) is 38.5 Å². The van der Waals surface area contributed by atoms with E-state index in [0.717, 1.165) is 66.9 Å². The van der Waals surface area contributed by atoms with E-state index in [1.807, 2.05) is 49.5 Å². The minimum absolute atomic E-state index is 0.310. The number of nitrogens with zero attached hydrogens (tertiary/aromatic N) is 2. The molecule has 0 bridgehead atoms. The molecule has 0 fully saturated rings. The van der Waals surface area contributed by atoms with E-state index < -0.39 is 0 Å². The zero-order valence-electron chi connectivity index (χ0n) is 26.2. The Kier molecular flexibility index (Phi) is 14.7. The van der Waals surface area contributed by atoms with E-state index >= 15 is 0 Å². The van der Waals surface area contributed by atoms with Crippen LogP contribution >= 0.6 is 0 Å². The van der Waals surface area contributed by atoms with Gasteiger partial charge in [0.15, 0.2) is 11.5 Å². The molecular formula is C37H44N2O5. The van der Waals surface area contributed by atoms with Crippen LogP contribution in [0.1, 0.15) is 33.5 Å². The van der Waals surface area contributed by atoms with Crippen LogP contribution in [0.2, 0.25) is 0 Å². The molecule has 1 atom stereocenters. The summed E-state index contributed by atoms with van der Waals surface area (Å²) >= 11 is 0. The lowest BCUT2D eigenvalue weighted by Gasteiger charge is -2.31. The SMILES string of the molecule is COc1cc(CN(C)[C@@H](CCc2ccccc2)CN(C)CC=O)ccc1OCc1ccccc1.COc1ccc(C=O)cc1. The lowest BCUT2D eigenvalue weighted by Crippen LogP contribution is -2.41. The van der Waals surface area contributed by atoms with Crippen LogP contribution in [0, 0.1) is 0 Å². The number of aryl methyl sites for hydroxylation is 1. The van der Waals surface area contributed by atoms with Crippen LogP contribution in [0.4, 0.5) is 0 Å². The van der Waals surface area contributed by atoms with Gasteiger partial charge in [-0.3, -0.25) is 14.6 Å². The van der Waals surface area contributed by atoms with Crippen LogP contribution < -0.4 is 14.2 Å². The van der Waals surface area contributed by atoms with Crippen molar-refractivity contribution in [3.8, 4) is 17.2 Å².